The molecule has 3 heteroatoms. The van der Waals surface area contributed by atoms with Crippen molar-refractivity contribution >= 4 is 27.3 Å². The van der Waals surface area contributed by atoms with Crippen LogP contribution in [0.15, 0.2) is 39.5 Å². The molecule has 0 amide bonds. The predicted octanol–water partition coefficient (Wildman–Crippen LogP) is 5.49. The highest BCUT2D eigenvalue weighted by Gasteiger charge is 2.15. The third-order valence-corrected chi connectivity index (χ3v) is 5.37. The first-order chi connectivity index (χ1) is 9.72. The molecule has 0 saturated heterocycles. The topological polar surface area (TPSA) is 12.0 Å². The van der Waals surface area contributed by atoms with Crippen molar-refractivity contribution in [2.45, 2.75) is 39.2 Å². The Balaban J connectivity index is 2.05. The molecule has 1 nitrogen and oxygen atoms in total. The van der Waals surface area contributed by atoms with Crippen LogP contribution in [0.25, 0.3) is 0 Å². The van der Waals surface area contributed by atoms with Crippen molar-refractivity contribution in [1.29, 1.82) is 0 Å². The third kappa shape index (κ3) is 4.18. The Morgan fingerprint density at radius 1 is 1.25 bits per heavy atom. The fraction of sp³-hybridized carbons (Fsp3) is 0.412. The summed E-state index contributed by atoms with van der Waals surface area (Å²) in [6.45, 7) is 5.49. The van der Waals surface area contributed by atoms with E-state index in [1.807, 2.05) is 0 Å². The van der Waals surface area contributed by atoms with E-state index >= 15 is 0 Å². The third-order valence-electron chi connectivity index (χ3n) is 3.62. The molecule has 0 radical (unpaired) electrons. The minimum atomic E-state index is 0.440. The first-order valence-electron chi connectivity index (χ1n) is 7.21. The molecular formula is C17H22BrNS. The Morgan fingerprint density at radius 3 is 2.70 bits per heavy atom. The lowest BCUT2D eigenvalue weighted by Crippen LogP contribution is -2.22. The number of aryl methyl sites for hydroxylation is 2. The summed E-state index contributed by atoms with van der Waals surface area (Å²) in [5.74, 6) is 0. The van der Waals surface area contributed by atoms with Crippen molar-refractivity contribution in [2.75, 3.05) is 6.54 Å². The van der Waals surface area contributed by atoms with E-state index < -0.39 is 0 Å². The van der Waals surface area contributed by atoms with Crippen LogP contribution in [-0.4, -0.2) is 6.54 Å². The van der Waals surface area contributed by atoms with Gasteiger partial charge in [0.15, 0.2) is 0 Å². The molecule has 0 saturated carbocycles. The molecule has 1 N–H and O–H groups in total. The second-order valence-corrected chi connectivity index (χ2v) is 6.74. The Morgan fingerprint density at radius 2 is 2.05 bits per heavy atom. The van der Waals surface area contributed by atoms with Gasteiger partial charge in [0.1, 0.15) is 0 Å². The number of benzene rings is 1. The van der Waals surface area contributed by atoms with Gasteiger partial charge < -0.3 is 5.32 Å². The molecule has 2 rings (SSSR count). The molecule has 1 atom stereocenters. The predicted molar refractivity (Wildman–Crippen MR) is 92.6 cm³/mol. The minimum absolute atomic E-state index is 0.440. The second kappa shape index (κ2) is 7.96. The van der Waals surface area contributed by atoms with Crippen LogP contribution >= 0.6 is 27.3 Å². The maximum atomic E-state index is 3.68. The zero-order chi connectivity index (χ0) is 14.4. The molecule has 1 unspecified atom stereocenters. The van der Waals surface area contributed by atoms with Crippen LogP contribution in [-0.2, 0) is 6.42 Å². The van der Waals surface area contributed by atoms with E-state index in [-0.39, 0.29) is 0 Å². The Bertz CT molecular complexity index is 535. The van der Waals surface area contributed by atoms with E-state index in [9.17, 15) is 0 Å². The van der Waals surface area contributed by atoms with Crippen molar-refractivity contribution in [2.24, 2.45) is 0 Å². The van der Waals surface area contributed by atoms with Crippen LogP contribution in [0.2, 0.25) is 0 Å². The number of halogens is 1. The Labute approximate surface area is 134 Å². The Kier molecular flexibility index (Phi) is 6.27. The van der Waals surface area contributed by atoms with Gasteiger partial charge in [-0.25, -0.2) is 0 Å². The molecule has 0 spiro atoms. The van der Waals surface area contributed by atoms with Crippen LogP contribution in [0.3, 0.4) is 0 Å². The van der Waals surface area contributed by atoms with E-state index in [0.29, 0.717) is 6.04 Å². The van der Waals surface area contributed by atoms with Crippen LogP contribution in [0, 0.1) is 6.92 Å². The molecule has 0 aliphatic rings. The van der Waals surface area contributed by atoms with E-state index in [0.717, 1.165) is 19.4 Å². The fourth-order valence-corrected chi connectivity index (χ4v) is 4.04. The second-order valence-electron chi connectivity index (χ2n) is 5.15. The van der Waals surface area contributed by atoms with E-state index in [1.165, 1.54) is 27.6 Å². The quantitative estimate of drug-likeness (QED) is 0.694. The van der Waals surface area contributed by atoms with E-state index in [2.05, 4.69) is 70.1 Å². The van der Waals surface area contributed by atoms with Gasteiger partial charge in [0, 0.05) is 15.9 Å². The van der Waals surface area contributed by atoms with Gasteiger partial charge >= 0.3 is 0 Å². The summed E-state index contributed by atoms with van der Waals surface area (Å²) >= 11 is 5.44. The summed E-state index contributed by atoms with van der Waals surface area (Å²) in [6.07, 6.45) is 3.43. The first kappa shape index (κ1) is 15.7. The summed E-state index contributed by atoms with van der Waals surface area (Å²) in [5.41, 5.74) is 4.25. The van der Waals surface area contributed by atoms with Gasteiger partial charge in [-0.1, -0.05) is 31.2 Å². The van der Waals surface area contributed by atoms with Gasteiger partial charge in [0.05, 0.1) is 0 Å². The van der Waals surface area contributed by atoms with Crippen LogP contribution in [0.5, 0.6) is 0 Å². The van der Waals surface area contributed by atoms with Crippen LogP contribution in [0.1, 0.15) is 42.5 Å². The molecule has 0 fully saturated rings. The highest BCUT2D eigenvalue weighted by Crippen LogP contribution is 2.30. The zero-order valence-corrected chi connectivity index (χ0v) is 14.6. The number of rotatable bonds is 7. The van der Waals surface area contributed by atoms with Gasteiger partial charge in [-0.2, -0.15) is 11.3 Å². The first-order valence-corrected chi connectivity index (χ1v) is 8.95. The monoisotopic (exact) mass is 351 g/mol. The molecule has 20 heavy (non-hydrogen) atoms. The molecule has 0 aliphatic carbocycles. The summed E-state index contributed by atoms with van der Waals surface area (Å²) in [7, 11) is 0. The van der Waals surface area contributed by atoms with Crippen LogP contribution < -0.4 is 5.32 Å². The van der Waals surface area contributed by atoms with Gasteiger partial charge in [-0.15, -0.1) is 0 Å². The molecular weight excluding hydrogens is 330 g/mol. The molecule has 1 heterocycles. The van der Waals surface area contributed by atoms with Gasteiger partial charge in [-0.05, 0) is 70.7 Å². The zero-order valence-electron chi connectivity index (χ0n) is 12.2. The smallest absolute Gasteiger partial charge is 0.0342 e. The number of nitrogens with one attached hydrogen (secondary N) is 1. The molecule has 1 aromatic heterocycles. The maximum Gasteiger partial charge on any atom is 0.0342 e. The maximum absolute atomic E-state index is 3.68. The lowest BCUT2D eigenvalue weighted by Gasteiger charge is -2.19. The Hall–Kier alpha value is -0.640. The molecule has 0 aliphatic heterocycles. The highest BCUT2D eigenvalue weighted by molar-refractivity contribution is 9.10. The molecule has 1 aromatic carbocycles. The standard InChI is InChI=1S/C17H22BrNS/c1-3-10-19-17(15-11-20-12-16(15)18)9-8-14-7-5-4-6-13(14)2/h4-7,11-12,17,19H,3,8-10H2,1-2H3. The van der Waals surface area contributed by atoms with E-state index in [1.54, 1.807) is 11.3 Å². The van der Waals surface area contributed by atoms with Crippen molar-refractivity contribution in [3.63, 3.8) is 0 Å². The molecule has 108 valence electrons. The molecule has 2 aromatic rings. The lowest BCUT2D eigenvalue weighted by atomic mass is 9.98. The SMILES string of the molecule is CCCNC(CCc1ccccc1C)c1cscc1Br. The van der Waals surface area contributed by atoms with Crippen molar-refractivity contribution < 1.29 is 0 Å². The highest BCUT2D eigenvalue weighted by atomic mass is 79.9. The van der Waals surface area contributed by atoms with Crippen molar-refractivity contribution in [3.8, 4) is 0 Å². The largest absolute Gasteiger partial charge is 0.310 e. The van der Waals surface area contributed by atoms with Crippen LogP contribution in [0.4, 0.5) is 0 Å². The van der Waals surface area contributed by atoms with Gasteiger partial charge in [0.2, 0.25) is 0 Å². The minimum Gasteiger partial charge on any atom is -0.310 e. The average molecular weight is 352 g/mol. The number of hydrogen-bond acceptors (Lipinski definition) is 2. The summed E-state index contributed by atoms with van der Waals surface area (Å²) in [6, 6.07) is 9.13. The number of thiophene rings is 1. The van der Waals surface area contributed by atoms with Gasteiger partial charge in [0.25, 0.3) is 0 Å². The van der Waals surface area contributed by atoms with E-state index in [4.69, 9.17) is 0 Å². The van der Waals surface area contributed by atoms with Crippen molar-refractivity contribution in [1.82, 2.24) is 5.32 Å². The average Bonchev–Trinajstić information content (AvgIpc) is 2.87. The summed E-state index contributed by atoms with van der Waals surface area (Å²) < 4.78 is 1.24. The molecule has 0 bridgehead atoms. The fourth-order valence-electron chi connectivity index (χ4n) is 2.42. The summed E-state index contributed by atoms with van der Waals surface area (Å²) in [4.78, 5) is 0. The van der Waals surface area contributed by atoms with Gasteiger partial charge in [-0.3, -0.25) is 0 Å². The normalized spacial score (nSPS) is 12.6. The lowest BCUT2D eigenvalue weighted by molar-refractivity contribution is 0.498. The summed E-state index contributed by atoms with van der Waals surface area (Å²) in [5, 5.41) is 8.11. The number of hydrogen-bond donors (Lipinski definition) is 1. The van der Waals surface area contributed by atoms with Crippen molar-refractivity contribution in [3.05, 3.63) is 56.2 Å².